The van der Waals surface area contributed by atoms with Gasteiger partial charge in [-0.1, -0.05) is 42.8 Å². The smallest absolute Gasteiger partial charge is 0.351 e. The summed E-state index contributed by atoms with van der Waals surface area (Å²) in [6.45, 7) is 1.96. The predicted octanol–water partition coefficient (Wildman–Crippen LogP) is 6.00. The van der Waals surface area contributed by atoms with Crippen LogP contribution in [0.1, 0.15) is 22.8 Å². The van der Waals surface area contributed by atoms with Crippen molar-refractivity contribution in [2.45, 2.75) is 13.3 Å². The van der Waals surface area contributed by atoms with Crippen LogP contribution >= 0.6 is 11.6 Å². The van der Waals surface area contributed by atoms with Crippen LogP contribution < -0.4 is 15.8 Å². The number of para-hydroxylation sites is 1. The van der Waals surface area contributed by atoms with Crippen LogP contribution in [0.5, 0.6) is 5.75 Å². The van der Waals surface area contributed by atoms with Crippen LogP contribution in [0.3, 0.4) is 0 Å². The number of rotatable bonds is 4. The Kier molecular flexibility index (Phi) is 5.51. The van der Waals surface area contributed by atoms with E-state index in [9.17, 15) is 14.4 Å². The van der Waals surface area contributed by atoms with E-state index in [1.54, 1.807) is 60.7 Å². The Morgan fingerprint density at radius 1 is 0.912 bits per heavy atom. The summed E-state index contributed by atoms with van der Waals surface area (Å²) >= 11 is 6.01. The third-order valence-electron chi connectivity index (χ3n) is 5.48. The summed E-state index contributed by atoms with van der Waals surface area (Å²) < 4.78 is 16.8. The Labute approximate surface area is 198 Å². The normalized spacial score (nSPS) is 11.1. The Morgan fingerprint density at radius 3 is 2.44 bits per heavy atom. The maximum atomic E-state index is 13.5. The minimum atomic E-state index is -1.02. The molecule has 6 nitrogen and oxygen atoms in total. The van der Waals surface area contributed by atoms with E-state index < -0.39 is 17.0 Å². The highest BCUT2D eigenvalue weighted by Crippen LogP contribution is 2.32. The molecule has 0 bridgehead atoms. The molecular formula is C27H17ClO6. The molecule has 0 fully saturated rings. The number of esters is 1. The fourth-order valence-electron chi connectivity index (χ4n) is 3.68. The molecule has 0 saturated heterocycles. The molecule has 34 heavy (non-hydrogen) atoms. The second kappa shape index (κ2) is 8.65. The molecule has 0 spiro atoms. The highest BCUT2D eigenvalue weighted by atomic mass is 35.5. The van der Waals surface area contributed by atoms with Crippen molar-refractivity contribution >= 4 is 39.5 Å². The molecule has 5 rings (SSSR count). The standard InChI is InChI=1S/C27H17ClO6/c1-2-15-7-12-22-19(13-15)23(29)25(24(32-22)16-8-10-18(28)11-9-16)34-27(31)20-14-17-5-3-4-6-21(17)33-26(20)30/h3-14H,2H2,1H3. The van der Waals surface area contributed by atoms with Gasteiger partial charge in [0.1, 0.15) is 16.7 Å². The van der Waals surface area contributed by atoms with Gasteiger partial charge in [-0.3, -0.25) is 4.79 Å². The fourth-order valence-corrected chi connectivity index (χ4v) is 3.81. The molecule has 2 aromatic heterocycles. The predicted molar refractivity (Wildman–Crippen MR) is 130 cm³/mol. The van der Waals surface area contributed by atoms with Crippen molar-refractivity contribution in [2.75, 3.05) is 0 Å². The van der Waals surface area contributed by atoms with Crippen LogP contribution in [0.2, 0.25) is 5.02 Å². The molecule has 3 aromatic carbocycles. The van der Waals surface area contributed by atoms with Gasteiger partial charge >= 0.3 is 11.6 Å². The van der Waals surface area contributed by atoms with Gasteiger partial charge in [0.2, 0.25) is 11.2 Å². The van der Waals surface area contributed by atoms with Crippen LogP contribution in [0.15, 0.2) is 91.2 Å². The first-order valence-corrected chi connectivity index (χ1v) is 10.9. The molecule has 2 heterocycles. The quantitative estimate of drug-likeness (QED) is 0.235. The first-order chi connectivity index (χ1) is 16.4. The second-order valence-electron chi connectivity index (χ2n) is 7.66. The van der Waals surface area contributed by atoms with Crippen LogP contribution in [0.4, 0.5) is 0 Å². The third-order valence-corrected chi connectivity index (χ3v) is 5.74. The zero-order valence-electron chi connectivity index (χ0n) is 18.0. The highest BCUT2D eigenvalue weighted by molar-refractivity contribution is 6.30. The van der Waals surface area contributed by atoms with Crippen molar-refractivity contribution in [2.24, 2.45) is 0 Å². The largest absolute Gasteiger partial charge is 0.452 e. The lowest BCUT2D eigenvalue weighted by Gasteiger charge is -2.11. The molecule has 0 saturated carbocycles. The maximum Gasteiger partial charge on any atom is 0.351 e. The number of hydrogen-bond donors (Lipinski definition) is 0. The van der Waals surface area contributed by atoms with E-state index in [1.165, 1.54) is 6.07 Å². The molecule has 0 aliphatic rings. The Bertz CT molecular complexity index is 1680. The minimum absolute atomic E-state index is 0.0527. The molecule has 168 valence electrons. The van der Waals surface area contributed by atoms with Crippen LogP contribution in [-0.4, -0.2) is 5.97 Å². The fraction of sp³-hybridized carbons (Fsp3) is 0.0741. The molecule has 0 atom stereocenters. The number of carbonyl (C=O) groups is 1. The average molecular weight is 473 g/mol. The van der Waals surface area contributed by atoms with Crippen LogP contribution in [0.25, 0.3) is 33.3 Å². The molecule has 0 N–H and O–H groups in total. The first kappa shape index (κ1) is 21.7. The maximum absolute atomic E-state index is 13.5. The summed E-state index contributed by atoms with van der Waals surface area (Å²) in [5, 5.41) is 1.31. The molecule has 0 amide bonds. The van der Waals surface area contributed by atoms with Crippen molar-refractivity contribution < 1.29 is 18.4 Å². The van der Waals surface area contributed by atoms with Crippen molar-refractivity contribution in [1.29, 1.82) is 0 Å². The summed E-state index contributed by atoms with van der Waals surface area (Å²) in [4.78, 5) is 39.0. The van der Waals surface area contributed by atoms with E-state index in [2.05, 4.69) is 0 Å². The Hall–Kier alpha value is -4.16. The van der Waals surface area contributed by atoms with Crippen LogP contribution in [-0.2, 0) is 6.42 Å². The summed E-state index contributed by atoms with van der Waals surface area (Å²) in [6.07, 6.45) is 0.710. The van der Waals surface area contributed by atoms with E-state index >= 15 is 0 Å². The number of ether oxygens (including phenoxy) is 1. The molecule has 0 aliphatic carbocycles. The van der Waals surface area contributed by atoms with Gasteiger partial charge in [0.25, 0.3) is 0 Å². The third kappa shape index (κ3) is 3.89. The topological polar surface area (TPSA) is 86.7 Å². The van der Waals surface area contributed by atoms with Gasteiger partial charge in [0, 0.05) is 16.0 Å². The Balaban J connectivity index is 1.69. The lowest BCUT2D eigenvalue weighted by atomic mass is 10.1. The SMILES string of the molecule is CCc1ccc2oc(-c3ccc(Cl)cc3)c(OC(=O)c3cc4ccccc4oc3=O)c(=O)c2c1. The van der Waals surface area contributed by atoms with Gasteiger partial charge in [-0.25, -0.2) is 9.59 Å². The van der Waals surface area contributed by atoms with E-state index in [-0.39, 0.29) is 22.5 Å². The number of benzene rings is 3. The molecule has 0 aliphatic heterocycles. The number of carbonyl (C=O) groups excluding carboxylic acids is 1. The first-order valence-electron chi connectivity index (χ1n) is 10.6. The van der Waals surface area contributed by atoms with Gasteiger partial charge in [0.05, 0.1) is 5.39 Å². The van der Waals surface area contributed by atoms with Crippen molar-refractivity contribution in [1.82, 2.24) is 0 Å². The lowest BCUT2D eigenvalue weighted by Crippen LogP contribution is -2.22. The summed E-state index contributed by atoms with van der Waals surface area (Å²) in [6, 6.07) is 20.0. The summed E-state index contributed by atoms with van der Waals surface area (Å²) in [7, 11) is 0. The number of hydrogen-bond acceptors (Lipinski definition) is 6. The summed E-state index contributed by atoms with van der Waals surface area (Å²) in [5.74, 6) is -1.29. The van der Waals surface area contributed by atoms with Gasteiger partial charge in [-0.15, -0.1) is 0 Å². The van der Waals surface area contributed by atoms with Crippen molar-refractivity contribution in [3.05, 3.63) is 110 Å². The van der Waals surface area contributed by atoms with E-state index in [0.29, 0.717) is 33.6 Å². The van der Waals surface area contributed by atoms with Crippen molar-refractivity contribution in [3.8, 4) is 17.1 Å². The van der Waals surface area contributed by atoms with Gasteiger partial charge in [-0.05, 0) is 60.5 Å². The molecule has 5 aromatic rings. The lowest BCUT2D eigenvalue weighted by molar-refractivity contribution is 0.0727. The molecule has 0 unspecified atom stereocenters. The minimum Gasteiger partial charge on any atom is -0.452 e. The number of fused-ring (bicyclic) bond motifs is 2. The van der Waals surface area contributed by atoms with Crippen LogP contribution in [0, 0.1) is 0 Å². The summed E-state index contributed by atoms with van der Waals surface area (Å²) in [5.41, 5.74) is 0.362. The number of aryl methyl sites for hydroxylation is 1. The highest BCUT2D eigenvalue weighted by Gasteiger charge is 2.24. The van der Waals surface area contributed by atoms with E-state index in [1.807, 2.05) is 13.0 Å². The molecule has 7 heteroatoms. The zero-order valence-corrected chi connectivity index (χ0v) is 18.7. The zero-order chi connectivity index (χ0) is 23.8. The van der Waals surface area contributed by atoms with Gasteiger partial charge in [-0.2, -0.15) is 0 Å². The average Bonchev–Trinajstić information content (AvgIpc) is 2.85. The molecular weight excluding hydrogens is 456 g/mol. The molecule has 0 radical (unpaired) electrons. The van der Waals surface area contributed by atoms with Gasteiger partial charge in [0.15, 0.2) is 5.76 Å². The van der Waals surface area contributed by atoms with E-state index in [4.69, 9.17) is 25.2 Å². The van der Waals surface area contributed by atoms with Gasteiger partial charge < -0.3 is 13.6 Å². The Morgan fingerprint density at radius 2 is 1.68 bits per heavy atom. The number of halogens is 1. The second-order valence-corrected chi connectivity index (χ2v) is 8.09. The van der Waals surface area contributed by atoms with E-state index in [0.717, 1.165) is 5.56 Å². The monoisotopic (exact) mass is 472 g/mol. The van der Waals surface area contributed by atoms with Crippen molar-refractivity contribution in [3.63, 3.8) is 0 Å².